The van der Waals surface area contributed by atoms with Gasteiger partial charge in [0.1, 0.15) is 5.52 Å². The molecule has 0 saturated heterocycles. The molecule has 1 heterocycles. The van der Waals surface area contributed by atoms with E-state index in [9.17, 15) is 0 Å². The fourth-order valence-electron chi connectivity index (χ4n) is 1.33. The Labute approximate surface area is 70.4 Å². The lowest BCUT2D eigenvalue weighted by molar-refractivity contribution is 0.424. The Morgan fingerprint density at radius 3 is 3.17 bits per heavy atom. The molecule has 0 amide bonds. The third-order valence-electron chi connectivity index (χ3n) is 1.88. The second-order valence-electron chi connectivity index (χ2n) is 2.79. The molecule has 0 aliphatic rings. The van der Waals surface area contributed by atoms with Crippen LogP contribution in [-0.4, -0.2) is 10.4 Å². The van der Waals surface area contributed by atoms with Crippen LogP contribution < -0.4 is 0 Å². The van der Waals surface area contributed by atoms with Crippen molar-refractivity contribution in [1.29, 1.82) is 0 Å². The molecule has 0 radical (unpaired) electrons. The van der Waals surface area contributed by atoms with Crippen molar-refractivity contribution < 1.29 is 4.52 Å². The first kappa shape index (κ1) is 7.28. The molecule has 1 aromatic heterocycles. The largest absolute Gasteiger partial charge is 0.337 e. The minimum Gasteiger partial charge on any atom is -0.337 e. The Hall–Kier alpha value is -1.38. The van der Waals surface area contributed by atoms with E-state index in [0.717, 1.165) is 23.9 Å². The lowest BCUT2D eigenvalue weighted by atomic mass is 10.1. The summed E-state index contributed by atoms with van der Waals surface area (Å²) in [6, 6.07) is 5.92. The zero-order chi connectivity index (χ0) is 8.39. The number of fused-ring (bicyclic) bond motifs is 1. The summed E-state index contributed by atoms with van der Waals surface area (Å²) in [7, 11) is 0. The highest BCUT2D eigenvalue weighted by Gasteiger charge is 2.03. The molecule has 0 unspecified atom stereocenters. The van der Waals surface area contributed by atoms with Crippen LogP contribution in [0.5, 0.6) is 0 Å². The minimum absolute atomic E-state index is 0.779. The maximum atomic E-state index is 4.94. The quantitative estimate of drug-likeness (QED) is 0.679. The molecule has 0 N–H and O–H groups in total. The van der Waals surface area contributed by atoms with E-state index in [-0.39, 0.29) is 0 Å². The predicted octanol–water partition coefficient (Wildman–Crippen LogP) is 2.18. The highest BCUT2D eigenvalue weighted by Crippen LogP contribution is 2.16. The van der Waals surface area contributed by atoms with Crippen LogP contribution in [0.25, 0.3) is 11.1 Å². The summed E-state index contributed by atoms with van der Waals surface area (Å²) in [4.78, 5) is 0. The fourth-order valence-corrected chi connectivity index (χ4v) is 1.33. The van der Waals surface area contributed by atoms with E-state index in [2.05, 4.69) is 23.4 Å². The molecule has 3 nitrogen and oxygen atoms in total. The Kier molecular flexibility index (Phi) is 1.78. The predicted molar refractivity (Wildman–Crippen MR) is 45.8 cm³/mol. The molecule has 2 aromatic rings. The van der Waals surface area contributed by atoms with Gasteiger partial charge in [-0.1, -0.05) is 25.5 Å². The van der Waals surface area contributed by atoms with Gasteiger partial charge in [0.15, 0.2) is 5.58 Å². The standard InChI is InChI=1S/C9H10N2O/c1-2-4-7-5-3-6-8-9(7)10-11-12-8/h3,5-6H,2,4H2,1H3. The molecule has 0 saturated carbocycles. The average molecular weight is 162 g/mol. The molecular weight excluding hydrogens is 152 g/mol. The van der Waals surface area contributed by atoms with Crippen LogP contribution in [-0.2, 0) is 6.42 Å². The third kappa shape index (κ3) is 1.07. The molecule has 12 heavy (non-hydrogen) atoms. The van der Waals surface area contributed by atoms with E-state index in [0.29, 0.717) is 0 Å². The third-order valence-corrected chi connectivity index (χ3v) is 1.88. The van der Waals surface area contributed by atoms with Crippen LogP contribution in [0.2, 0.25) is 0 Å². The number of hydrogen-bond acceptors (Lipinski definition) is 3. The smallest absolute Gasteiger partial charge is 0.187 e. The Morgan fingerprint density at radius 2 is 2.33 bits per heavy atom. The number of nitrogens with zero attached hydrogens (tertiary/aromatic N) is 2. The van der Waals surface area contributed by atoms with E-state index >= 15 is 0 Å². The summed E-state index contributed by atoms with van der Waals surface area (Å²) in [5.41, 5.74) is 2.90. The summed E-state index contributed by atoms with van der Waals surface area (Å²) < 4.78 is 4.94. The second kappa shape index (κ2) is 2.93. The van der Waals surface area contributed by atoms with Gasteiger partial charge in [0.25, 0.3) is 0 Å². The average Bonchev–Trinajstić information content (AvgIpc) is 2.53. The van der Waals surface area contributed by atoms with Gasteiger partial charge < -0.3 is 4.52 Å². The van der Waals surface area contributed by atoms with Crippen molar-refractivity contribution in [3.63, 3.8) is 0 Å². The summed E-state index contributed by atoms with van der Waals surface area (Å²) in [6.45, 7) is 2.15. The van der Waals surface area contributed by atoms with Gasteiger partial charge in [-0.3, -0.25) is 0 Å². The van der Waals surface area contributed by atoms with E-state index in [4.69, 9.17) is 4.52 Å². The summed E-state index contributed by atoms with van der Waals surface area (Å²) >= 11 is 0. The number of rotatable bonds is 2. The van der Waals surface area contributed by atoms with Crippen molar-refractivity contribution in [3.8, 4) is 0 Å². The molecule has 1 aromatic carbocycles. The van der Waals surface area contributed by atoms with Gasteiger partial charge in [-0.2, -0.15) is 0 Å². The van der Waals surface area contributed by atoms with Gasteiger partial charge in [0, 0.05) is 5.27 Å². The lowest BCUT2D eigenvalue weighted by Gasteiger charge is -1.95. The lowest BCUT2D eigenvalue weighted by Crippen LogP contribution is -1.84. The number of aromatic nitrogens is 2. The Bertz CT molecular complexity index is 381. The first-order valence-electron chi connectivity index (χ1n) is 4.11. The van der Waals surface area contributed by atoms with Crippen molar-refractivity contribution in [2.75, 3.05) is 0 Å². The van der Waals surface area contributed by atoms with Crippen molar-refractivity contribution in [2.24, 2.45) is 0 Å². The van der Waals surface area contributed by atoms with Crippen molar-refractivity contribution in [3.05, 3.63) is 23.8 Å². The molecular formula is C9H10N2O. The Morgan fingerprint density at radius 1 is 1.42 bits per heavy atom. The Balaban J connectivity index is 2.57. The zero-order valence-electron chi connectivity index (χ0n) is 6.95. The maximum absolute atomic E-state index is 4.94. The fraction of sp³-hybridized carbons (Fsp3) is 0.333. The minimum atomic E-state index is 0.779. The van der Waals surface area contributed by atoms with Crippen molar-refractivity contribution in [2.45, 2.75) is 19.8 Å². The van der Waals surface area contributed by atoms with Crippen molar-refractivity contribution >= 4 is 11.1 Å². The van der Waals surface area contributed by atoms with E-state index in [1.54, 1.807) is 0 Å². The van der Waals surface area contributed by atoms with Crippen LogP contribution in [0.3, 0.4) is 0 Å². The first-order valence-corrected chi connectivity index (χ1v) is 4.11. The maximum Gasteiger partial charge on any atom is 0.187 e. The van der Waals surface area contributed by atoms with Gasteiger partial charge in [-0.05, 0) is 18.1 Å². The zero-order valence-corrected chi connectivity index (χ0v) is 6.95. The topological polar surface area (TPSA) is 38.9 Å². The molecule has 0 aliphatic heterocycles. The van der Waals surface area contributed by atoms with Crippen LogP contribution in [0.1, 0.15) is 18.9 Å². The van der Waals surface area contributed by atoms with Gasteiger partial charge >= 0.3 is 0 Å². The molecule has 0 bridgehead atoms. The van der Waals surface area contributed by atoms with Crippen LogP contribution >= 0.6 is 0 Å². The first-order chi connectivity index (χ1) is 5.92. The molecule has 62 valence electrons. The van der Waals surface area contributed by atoms with Gasteiger partial charge in [0.05, 0.1) is 0 Å². The number of hydrogen-bond donors (Lipinski definition) is 0. The molecule has 0 atom stereocenters. The SMILES string of the molecule is CCCc1cccc2onnc12. The normalized spacial score (nSPS) is 10.8. The van der Waals surface area contributed by atoms with Crippen molar-refractivity contribution in [1.82, 2.24) is 10.4 Å². The summed E-state index contributed by atoms with van der Waals surface area (Å²) in [6.07, 6.45) is 2.15. The van der Waals surface area contributed by atoms with Gasteiger partial charge in [-0.15, -0.1) is 5.10 Å². The van der Waals surface area contributed by atoms with E-state index in [1.165, 1.54) is 5.56 Å². The molecule has 3 heteroatoms. The number of aryl methyl sites for hydroxylation is 1. The highest BCUT2D eigenvalue weighted by molar-refractivity contribution is 5.75. The molecule has 2 rings (SSSR count). The summed E-state index contributed by atoms with van der Waals surface area (Å²) in [5.74, 6) is 0. The second-order valence-corrected chi connectivity index (χ2v) is 2.79. The monoisotopic (exact) mass is 162 g/mol. The van der Waals surface area contributed by atoms with Gasteiger partial charge in [-0.25, -0.2) is 0 Å². The molecule has 0 aliphatic carbocycles. The molecule has 0 spiro atoms. The molecule has 0 fully saturated rings. The van der Waals surface area contributed by atoms with Crippen LogP contribution in [0, 0.1) is 0 Å². The van der Waals surface area contributed by atoms with Crippen LogP contribution in [0.15, 0.2) is 22.7 Å². The summed E-state index contributed by atoms with van der Waals surface area (Å²) in [5, 5.41) is 7.44. The van der Waals surface area contributed by atoms with E-state index in [1.807, 2.05) is 12.1 Å². The number of benzene rings is 1. The van der Waals surface area contributed by atoms with E-state index < -0.39 is 0 Å². The van der Waals surface area contributed by atoms with Crippen LogP contribution in [0.4, 0.5) is 0 Å². The highest BCUT2D eigenvalue weighted by atomic mass is 16.5. The van der Waals surface area contributed by atoms with Gasteiger partial charge in [0.2, 0.25) is 0 Å².